The fourth-order valence-corrected chi connectivity index (χ4v) is 9.06. The van der Waals surface area contributed by atoms with Crippen LogP contribution in [0.3, 0.4) is 0 Å². The maximum atomic E-state index is 12.6. The van der Waals surface area contributed by atoms with Crippen LogP contribution < -0.4 is 16.7 Å². The summed E-state index contributed by atoms with van der Waals surface area (Å²) in [6, 6.07) is 3.18. The molecule has 4 aliphatic carbocycles. The third-order valence-electron chi connectivity index (χ3n) is 11.3. The first-order valence-corrected chi connectivity index (χ1v) is 13.9. The van der Waals surface area contributed by atoms with E-state index in [0.29, 0.717) is 17.8 Å². The minimum atomic E-state index is -0.681. The molecule has 1 amide bonds. The quantitative estimate of drug-likeness (QED) is 0.589. The van der Waals surface area contributed by atoms with Crippen LogP contribution >= 0.6 is 0 Å². The number of hydrogen-bond donors (Lipinski definition) is 3. The molecule has 6 nitrogen and oxygen atoms in total. The second kappa shape index (κ2) is 8.72. The van der Waals surface area contributed by atoms with Crippen LogP contribution in [0.2, 0.25) is 0 Å². The number of fused-ring (bicyclic) bond motifs is 5. The Bertz CT molecular complexity index is 1000. The predicted octanol–water partition coefficient (Wildman–Crippen LogP) is 4.35. The Morgan fingerprint density at radius 3 is 2.54 bits per heavy atom. The highest BCUT2D eigenvalue weighted by molar-refractivity contribution is 5.82. The van der Waals surface area contributed by atoms with Gasteiger partial charge >= 0.3 is 5.63 Å². The van der Waals surface area contributed by atoms with Crippen molar-refractivity contribution in [2.75, 3.05) is 0 Å². The molecule has 6 heteroatoms. The van der Waals surface area contributed by atoms with Gasteiger partial charge in [-0.25, -0.2) is 4.79 Å². The van der Waals surface area contributed by atoms with Gasteiger partial charge < -0.3 is 20.6 Å². The summed E-state index contributed by atoms with van der Waals surface area (Å²) in [6.45, 7) is 8.74. The number of aliphatic hydroxyl groups is 1. The van der Waals surface area contributed by atoms with Crippen LogP contribution in [0.25, 0.3) is 0 Å². The van der Waals surface area contributed by atoms with Gasteiger partial charge in [0.25, 0.3) is 0 Å². The predicted molar refractivity (Wildman–Crippen MR) is 136 cm³/mol. The van der Waals surface area contributed by atoms with E-state index in [1.807, 2.05) is 19.9 Å². The average Bonchev–Trinajstić information content (AvgIpc) is 3.10. The number of nitrogens with two attached hydrogens (primary N) is 1. The van der Waals surface area contributed by atoms with Crippen LogP contribution in [-0.2, 0) is 4.79 Å². The second-order valence-corrected chi connectivity index (χ2v) is 13.1. The van der Waals surface area contributed by atoms with Gasteiger partial charge in [0.2, 0.25) is 5.91 Å². The zero-order valence-electron chi connectivity index (χ0n) is 21.9. The molecule has 4 N–H and O–H groups in total. The largest absolute Gasteiger partial charge is 0.431 e. The lowest BCUT2D eigenvalue weighted by atomic mass is 9.43. The van der Waals surface area contributed by atoms with Crippen molar-refractivity contribution in [1.82, 2.24) is 5.32 Å². The van der Waals surface area contributed by atoms with Gasteiger partial charge in [0.1, 0.15) is 0 Å². The lowest BCUT2D eigenvalue weighted by molar-refractivity contribution is -0.202. The number of carbonyl (C=O) groups excluding carboxylic acids is 1. The van der Waals surface area contributed by atoms with E-state index in [1.54, 1.807) is 6.26 Å². The van der Waals surface area contributed by atoms with Gasteiger partial charge in [0, 0.05) is 17.5 Å². The minimum Gasteiger partial charge on any atom is -0.431 e. The third kappa shape index (κ3) is 3.81. The summed E-state index contributed by atoms with van der Waals surface area (Å²) >= 11 is 0. The maximum Gasteiger partial charge on any atom is 0.335 e. The normalized spacial score (nSPS) is 43.7. The Morgan fingerprint density at radius 2 is 1.86 bits per heavy atom. The molecule has 0 aliphatic heterocycles. The van der Waals surface area contributed by atoms with Crippen molar-refractivity contribution in [3.8, 4) is 0 Å². The summed E-state index contributed by atoms with van der Waals surface area (Å²) in [4.78, 5) is 24.1. The molecule has 0 spiro atoms. The zero-order valence-corrected chi connectivity index (χ0v) is 21.9. The molecule has 0 aromatic carbocycles. The average molecular weight is 485 g/mol. The summed E-state index contributed by atoms with van der Waals surface area (Å²) in [5.74, 6) is 1.74. The van der Waals surface area contributed by atoms with Crippen molar-refractivity contribution in [2.24, 2.45) is 40.2 Å². The van der Waals surface area contributed by atoms with Crippen LogP contribution in [0.5, 0.6) is 0 Å². The van der Waals surface area contributed by atoms with Crippen molar-refractivity contribution < 1.29 is 14.3 Å². The number of amides is 1. The fourth-order valence-electron chi connectivity index (χ4n) is 9.06. The van der Waals surface area contributed by atoms with Crippen molar-refractivity contribution in [3.63, 3.8) is 0 Å². The SMILES string of the molecule is CC(C)[C@@H](N)C(=O)N[C@@H]1CC[C@]2(C)[C@H](CC[C@@H]3[C@H]2CC[C@]2(C)[C@@H](c4ccc(=O)oc4)CC[C@@]32O)C1. The van der Waals surface area contributed by atoms with Crippen LogP contribution in [0.1, 0.15) is 97.0 Å². The van der Waals surface area contributed by atoms with Gasteiger partial charge in [-0.05, 0) is 104 Å². The molecule has 0 radical (unpaired) electrons. The zero-order chi connectivity index (χ0) is 25.2. The summed E-state index contributed by atoms with van der Waals surface area (Å²) in [6.07, 6.45) is 10.8. The molecule has 1 heterocycles. The molecule has 9 atom stereocenters. The summed E-state index contributed by atoms with van der Waals surface area (Å²) in [5, 5.41) is 15.6. The highest BCUT2D eigenvalue weighted by Crippen LogP contribution is 2.70. The van der Waals surface area contributed by atoms with Crippen LogP contribution in [0, 0.1) is 34.5 Å². The second-order valence-electron chi connectivity index (χ2n) is 13.1. The molecule has 1 aromatic rings. The first-order chi connectivity index (χ1) is 16.5. The molecule has 194 valence electrons. The highest BCUT2D eigenvalue weighted by Gasteiger charge is 2.67. The van der Waals surface area contributed by atoms with E-state index < -0.39 is 11.6 Å². The molecule has 0 saturated heterocycles. The monoisotopic (exact) mass is 484 g/mol. The summed E-state index contributed by atoms with van der Waals surface area (Å²) in [5.41, 5.74) is 6.16. The van der Waals surface area contributed by atoms with E-state index >= 15 is 0 Å². The number of rotatable bonds is 4. The smallest absolute Gasteiger partial charge is 0.335 e. The molecule has 0 unspecified atom stereocenters. The van der Waals surface area contributed by atoms with Crippen molar-refractivity contribution in [1.29, 1.82) is 0 Å². The Hall–Kier alpha value is -1.66. The number of carbonyl (C=O) groups is 1. The van der Waals surface area contributed by atoms with Gasteiger partial charge in [-0.2, -0.15) is 0 Å². The van der Waals surface area contributed by atoms with E-state index in [2.05, 4.69) is 19.2 Å². The fraction of sp³-hybridized carbons (Fsp3) is 0.793. The maximum absolute atomic E-state index is 12.6. The summed E-state index contributed by atoms with van der Waals surface area (Å²) in [7, 11) is 0. The molecule has 1 aromatic heterocycles. The van der Waals surface area contributed by atoms with Crippen molar-refractivity contribution >= 4 is 5.91 Å². The lowest BCUT2D eigenvalue weighted by Gasteiger charge is -2.63. The number of nitrogens with one attached hydrogen (secondary N) is 1. The third-order valence-corrected chi connectivity index (χ3v) is 11.3. The molecule has 4 fully saturated rings. The van der Waals surface area contributed by atoms with E-state index in [1.165, 1.54) is 6.07 Å². The molecule has 4 saturated carbocycles. The standard InChI is InChI=1S/C29H44N2O4/c1-17(2)25(30)26(33)31-20-9-12-27(3)19(15-20)6-7-23-22(27)10-13-28(4)21(11-14-29(23,28)34)18-5-8-24(32)35-16-18/h5,8,16-17,19-23,25,34H,6-7,9-15,30H2,1-4H3,(H,31,33)/t19-,20-,21-,22-,23-,25-,27-,28-,29-/m1/s1. The van der Waals surface area contributed by atoms with Gasteiger partial charge in [-0.15, -0.1) is 0 Å². The minimum absolute atomic E-state index is 0.0150. The van der Waals surface area contributed by atoms with Gasteiger partial charge in [0.05, 0.1) is 17.9 Å². The van der Waals surface area contributed by atoms with Crippen molar-refractivity contribution in [2.45, 2.75) is 109 Å². The Balaban J connectivity index is 1.33. The molecule has 4 aliphatic rings. The van der Waals surface area contributed by atoms with Crippen LogP contribution in [-0.4, -0.2) is 28.7 Å². The van der Waals surface area contributed by atoms with Crippen LogP contribution in [0.15, 0.2) is 27.6 Å². The Labute approximate surface area is 209 Å². The van der Waals surface area contributed by atoms with Crippen LogP contribution in [0.4, 0.5) is 0 Å². The Kier molecular flexibility index (Phi) is 6.23. The molecule has 35 heavy (non-hydrogen) atoms. The Morgan fingerprint density at radius 1 is 1.09 bits per heavy atom. The van der Waals surface area contributed by atoms with E-state index in [-0.39, 0.29) is 40.2 Å². The highest BCUT2D eigenvalue weighted by atomic mass is 16.4. The van der Waals surface area contributed by atoms with Gasteiger partial charge in [-0.1, -0.05) is 27.7 Å². The first kappa shape index (κ1) is 25.0. The van der Waals surface area contributed by atoms with Crippen molar-refractivity contribution in [3.05, 3.63) is 34.4 Å². The van der Waals surface area contributed by atoms with E-state index in [0.717, 1.165) is 63.4 Å². The first-order valence-electron chi connectivity index (χ1n) is 13.9. The molecular formula is C29H44N2O4. The number of hydrogen-bond acceptors (Lipinski definition) is 5. The molecule has 5 rings (SSSR count). The van der Waals surface area contributed by atoms with Gasteiger partial charge in [-0.3, -0.25) is 4.79 Å². The van der Waals surface area contributed by atoms with E-state index in [9.17, 15) is 14.7 Å². The van der Waals surface area contributed by atoms with Gasteiger partial charge in [0.15, 0.2) is 0 Å². The molecular weight excluding hydrogens is 440 g/mol. The molecule has 0 bridgehead atoms. The lowest BCUT2D eigenvalue weighted by Crippen LogP contribution is -2.62. The topological polar surface area (TPSA) is 106 Å². The summed E-state index contributed by atoms with van der Waals surface area (Å²) < 4.78 is 5.21. The van der Waals surface area contributed by atoms with E-state index in [4.69, 9.17) is 10.2 Å².